The maximum atomic E-state index is 11.4. The van der Waals surface area contributed by atoms with Crippen LogP contribution in [0, 0.1) is 5.41 Å². The number of halogens is 1. The molecule has 0 aromatic rings. The van der Waals surface area contributed by atoms with Crippen molar-refractivity contribution in [2.75, 3.05) is 0 Å². The molecule has 3 heteroatoms. The Balaban J connectivity index is 2.34. The van der Waals surface area contributed by atoms with Gasteiger partial charge in [-0.2, -0.15) is 0 Å². The summed E-state index contributed by atoms with van der Waals surface area (Å²) in [6.07, 6.45) is 2.54. The summed E-state index contributed by atoms with van der Waals surface area (Å²) in [5.74, 6) is -0.0619. The molecular formula is C9H13ClO2. The van der Waals surface area contributed by atoms with Crippen LogP contribution in [0.2, 0.25) is 0 Å². The summed E-state index contributed by atoms with van der Waals surface area (Å²) in [5.41, 5.74) is -0.647. The van der Waals surface area contributed by atoms with Crippen molar-refractivity contribution in [3.8, 4) is 0 Å². The fraction of sp³-hybridized carbons (Fsp3) is 0.889. The Morgan fingerprint density at radius 2 is 2.25 bits per heavy atom. The van der Waals surface area contributed by atoms with E-state index in [1.807, 2.05) is 13.8 Å². The van der Waals surface area contributed by atoms with Crippen molar-refractivity contribution in [2.24, 2.45) is 5.41 Å². The van der Waals surface area contributed by atoms with Gasteiger partial charge in [-0.3, -0.25) is 4.79 Å². The molecular weight excluding hydrogens is 176 g/mol. The first-order chi connectivity index (χ1) is 5.46. The minimum absolute atomic E-state index is 0.00275. The number of carbonyl (C=O) groups is 1. The number of ether oxygens (including phenoxy) is 1. The lowest BCUT2D eigenvalue weighted by Gasteiger charge is -2.33. The average Bonchev–Trinajstić information content (AvgIpc) is 2.15. The van der Waals surface area contributed by atoms with Gasteiger partial charge < -0.3 is 4.74 Å². The van der Waals surface area contributed by atoms with Gasteiger partial charge in [0.2, 0.25) is 0 Å². The van der Waals surface area contributed by atoms with Gasteiger partial charge >= 0.3 is 5.97 Å². The molecule has 2 aliphatic rings. The summed E-state index contributed by atoms with van der Waals surface area (Å²) < 4.78 is 5.32. The Bertz CT molecular complexity index is 241. The summed E-state index contributed by atoms with van der Waals surface area (Å²) >= 11 is 6.10. The molecule has 3 atom stereocenters. The van der Waals surface area contributed by atoms with E-state index < -0.39 is 5.60 Å². The molecule has 1 saturated carbocycles. The highest BCUT2D eigenvalue weighted by atomic mass is 35.5. The third-order valence-corrected chi connectivity index (χ3v) is 3.85. The van der Waals surface area contributed by atoms with Crippen LogP contribution in [0.5, 0.6) is 0 Å². The van der Waals surface area contributed by atoms with Crippen LogP contribution in [-0.4, -0.2) is 16.9 Å². The zero-order valence-electron chi connectivity index (χ0n) is 7.39. The number of hydrogen-bond acceptors (Lipinski definition) is 2. The molecule has 2 bridgehead atoms. The van der Waals surface area contributed by atoms with Crippen molar-refractivity contribution >= 4 is 17.6 Å². The lowest BCUT2D eigenvalue weighted by molar-refractivity contribution is -0.151. The molecule has 0 N–H and O–H groups in total. The molecule has 0 amide bonds. The van der Waals surface area contributed by atoms with Crippen LogP contribution in [-0.2, 0) is 9.53 Å². The second kappa shape index (κ2) is 2.16. The van der Waals surface area contributed by atoms with Gasteiger partial charge in [0.1, 0.15) is 5.60 Å². The van der Waals surface area contributed by atoms with Gasteiger partial charge in [-0.25, -0.2) is 0 Å². The Kier molecular flexibility index (Phi) is 1.51. The van der Waals surface area contributed by atoms with Gasteiger partial charge in [0, 0.05) is 6.42 Å². The Labute approximate surface area is 77.2 Å². The number of carbonyl (C=O) groups excluding carboxylic acids is 1. The second-order valence-electron chi connectivity index (χ2n) is 4.45. The van der Waals surface area contributed by atoms with Gasteiger partial charge in [0.15, 0.2) is 0 Å². The maximum Gasteiger partial charge on any atom is 0.312 e. The van der Waals surface area contributed by atoms with Gasteiger partial charge in [-0.1, -0.05) is 0 Å². The number of fused-ring (bicyclic) bond motifs is 2. The molecule has 2 rings (SSSR count). The van der Waals surface area contributed by atoms with E-state index >= 15 is 0 Å². The van der Waals surface area contributed by atoms with Crippen molar-refractivity contribution < 1.29 is 9.53 Å². The summed E-state index contributed by atoms with van der Waals surface area (Å²) in [6, 6.07) is 0. The molecule has 0 unspecified atom stereocenters. The number of alkyl halides is 1. The summed E-state index contributed by atoms with van der Waals surface area (Å²) in [6.45, 7) is 3.91. The standard InChI is InChI=1S/C9H13ClO2/c1-8-4-3-6(10)9(2,5-8)12-7(8)11/h6H,3-5H2,1-2H3/t6-,8-,9-/m1/s1. The van der Waals surface area contributed by atoms with E-state index in [1.165, 1.54) is 0 Å². The van der Waals surface area contributed by atoms with Crippen molar-refractivity contribution in [1.29, 1.82) is 0 Å². The lowest BCUT2D eigenvalue weighted by atomic mass is 9.72. The number of esters is 1. The fourth-order valence-electron chi connectivity index (χ4n) is 2.33. The molecule has 12 heavy (non-hydrogen) atoms. The topological polar surface area (TPSA) is 26.3 Å². The van der Waals surface area contributed by atoms with Crippen LogP contribution < -0.4 is 0 Å². The monoisotopic (exact) mass is 188 g/mol. The van der Waals surface area contributed by atoms with Crippen LogP contribution in [0.4, 0.5) is 0 Å². The SMILES string of the molecule is C[C@@]12CC[C@@H](Cl)[C@@](C)(C1)OC2=O. The third-order valence-electron chi connectivity index (χ3n) is 3.17. The van der Waals surface area contributed by atoms with Gasteiger partial charge in [0.05, 0.1) is 10.8 Å². The van der Waals surface area contributed by atoms with Crippen LogP contribution in [0.3, 0.4) is 0 Å². The van der Waals surface area contributed by atoms with Gasteiger partial charge in [0.25, 0.3) is 0 Å². The highest BCUT2D eigenvalue weighted by Gasteiger charge is 2.58. The molecule has 1 saturated heterocycles. The minimum Gasteiger partial charge on any atom is -0.457 e. The molecule has 68 valence electrons. The van der Waals surface area contributed by atoms with E-state index in [0.29, 0.717) is 0 Å². The number of hydrogen-bond donors (Lipinski definition) is 0. The first-order valence-corrected chi connectivity index (χ1v) is 4.77. The average molecular weight is 189 g/mol. The van der Waals surface area contributed by atoms with E-state index in [9.17, 15) is 4.79 Å². The molecule has 1 aliphatic heterocycles. The highest BCUT2D eigenvalue weighted by Crippen LogP contribution is 2.51. The molecule has 0 radical (unpaired) electrons. The number of rotatable bonds is 0. The fourth-order valence-corrected chi connectivity index (χ4v) is 2.56. The maximum absolute atomic E-state index is 11.4. The lowest BCUT2D eigenvalue weighted by Crippen LogP contribution is -2.39. The van der Waals surface area contributed by atoms with E-state index in [-0.39, 0.29) is 16.8 Å². The van der Waals surface area contributed by atoms with Crippen molar-refractivity contribution in [3.63, 3.8) is 0 Å². The predicted octanol–water partition coefficient (Wildman–Crippen LogP) is 2.10. The van der Waals surface area contributed by atoms with Crippen molar-refractivity contribution in [2.45, 2.75) is 44.1 Å². The summed E-state index contributed by atoms with van der Waals surface area (Å²) in [4.78, 5) is 11.4. The van der Waals surface area contributed by atoms with Gasteiger partial charge in [-0.15, -0.1) is 11.6 Å². The molecule has 0 aromatic carbocycles. The second-order valence-corrected chi connectivity index (χ2v) is 4.97. The van der Waals surface area contributed by atoms with Crippen LogP contribution >= 0.6 is 11.6 Å². The zero-order valence-corrected chi connectivity index (χ0v) is 8.15. The quantitative estimate of drug-likeness (QED) is 0.430. The first-order valence-electron chi connectivity index (χ1n) is 4.34. The largest absolute Gasteiger partial charge is 0.457 e. The van der Waals surface area contributed by atoms with E-state index in [4.69, 9.17) is 16.3 Å². The van der Waals surface area contributed by atoms with Crippen molar-refractivity contribution in [1.82, 2.24) is 0 Å². The molecule has 1 aliphatic carbocycles. The minimum atomic E-state index is -0.397. The highest BCUT2D eigenvalue weighted by molar-refractivity contribution is 6.21. The smallest absolute Gasteiger partial charge is 0.312 e. The molecule has 2 fully saturated rings. The molecule has 0 spiro atoms. The molecule has 0 aromatic heterocycles. The Hall–Kier alpha value is -0.240. The van der Waals surface area contributed by atoms with E-state index in [2.05, 4.69) is 0 Å². The Morgan fingerprint density at radius 3 is 2.83 bits per heavy atom. The first kappa shape index (κ1) is 8.36. The zero-order chi connectivity index (χ0) is 8.98. The van der Waals surface area contributed by atoms with Crippen molar-refractivity contribution in [3.05, 3.63) is 0 Å². The normalized spacial score (nSPS) is 52.2. The van der Waals surface area contributed by atoms with Gasteiger partial charge in [-0.05, 0) is 26.7 Å². The summed E-state index contributed by atoms with van der Waals surface area (Å²) in [5, 5.41) is -0.00275. The predicted molar refractivity (Wildman–Crippen MR) is 46.1 cm³/mol. The van der Waals surface area contributed by atoms with Crippen LogP contribution in [0.15, 0.2) is 0 Å². The Morgan fingerprint density at radius 1 is 1.58 bits per heavy atom. The van der Waals surface area contributed by atoms with E-state index in [1.54, 1.807) is 0 Å². The molecule has 1 heterocycles. The molecule has 2 nitrogen and oxygen atoms in total. The third kappa shape index (κ3) is 0.905. The van der Waals surface area contributed by atoms with Crippen LogP contribution in [0.1, 0.15) is 33.1 Å². The van der Waals surface area contributed by atoms with Crippen LogP contribution in [0.25, 0.3) is 0 Å². The summed E-state index contributed by atoms with van der Waals surface area (Å²) in [7, 11) is 0. The van der Waals surface area contributed by atoms with E-state index in [0.717, 1.165) is 19.3 Å².